The number of rotatable bonds is 11. The van der Waals surface area contributed by atoms with E-state index in [9.17, 15) is 19.7 Å². The molecule has 0 saturated carbocycles. The summed E-state index contributed by atoms with van der Waals surface area (Å²) in [4.78, 5) is 39.9. The van der Waals surface area contributed by atoms with E-state index < -0.39 is 4.92 Å². The minimum atomic E-state index is -0.518. The van der Waals surface area contributed by atoms with Gasteiger partial charge in [0.25, 0.3) is 11.6 Å². The summed E-state index contributed by atoms with van der Waals surface area (Å²) in [5.74, 6) is 0.260. The number of ether oxygens (including phenoxy) is 2. The Bertz CT molecular complexity index is 869. The number of aromatic nitrogens is 1. The van der Waals surface area contributed by atoms with Crippen molar-refractivity contribution in [2.75, 3.05) is 25.2 Å². The molecule has 1 amide bonds. The Labute approximate surface area is 174 Å². The first-order valence-electron chi connectivity index (χ1n) is 9.70. The van der Waals surface area contributed by atoms with Crippen molar-refractivity contribution >= 4 is 23.4 Å². The fourth-order valence-corrected chi connectivity index (χ4v) is 2.73. The smallest absolute Gasteiger partial charge is 0.305 e. The van der Waals surface area contributed by atoms with Gasteiger partial charge in [0.05, 0.1) is 18.1 Å². The van der Waals surface area contributed by atoms with E-state index in [4.69, 9.17) is 9.47 Å². The maximum Gasteiger partial charge on any atom is 0.305 e. The summed E-state index contributed by atoms with van der Waals surface area (Å²) in [6, 6.07) is 8.82. The van der Waals surface area contributed by atoms with Crippen LogP contribution in [-0.4, -0.2) is 42.0 Å². The van der Waals surface area contributed by atoms with Crippen LogP contribution in [-0.2, 0) is 9.53 Å². The molecule has 2 aromatic rings. The number of esters is 1. The highest BCUT2D eigenvalue weighted by molar-refractivity contribution is 6.06. The van der Waals surface area contributed by atoms with Crippen molar-refractivity contribution in [3.05, 3.63) is 58.3 Å². The summed E-state index contributed by atoms with van der Waals surface area (Å²) >= 11 is 0. The van der Waals surface area contributed by atoms with Gasteiger partial charge in [-0.25, -0.2) is 4.98 Å². The molecule has 0 saturated heterocycles. The molecule has 0 bridgehead atoms. The average Bonchev–Trinajstić information content (AvgIpc) is 2.75. The van der Waals surface area contributed by atoms with E-state index in [0.717, 1.165) is 19.3 Å². The summed E-state index contributed by atoms with van der Waals surface area (Å²) in [6.07, 6.45) is 4.22. The minimum Gasteiger partial charge on any atom is -0.490 e. The van der Waals surface area contributed by atoms with Crippen LogP contribution in [0.15, 0.2) is 42.6 Å². The molecule has 1 aromatic carbocycles. The number of nitrogens with zero attached hydrogens (tertiary/aromatic N) is 3. The Morgan fingerprint density at radius 2 is 1.87 bits per heavy atom. The first-order valence-corrected chi connectivity index (χ1v) is 9.70. The van der Waals surface area contributed by atoms with Crippen LogP contribution in [0.1, 0.15) is 43.0 Å². The Morgan fingerprint density at radius 1 is 1.13 bits per heavy atom. The lowest BCUT2D eigenvalue weighted by molar-refractivity contribution is -0.384. The first-order chi connectivity index (χ1) is 14.4. The van der Waals surface area contributed by atoms with E-state index in [1.54, 1.807) is 32.3 Å². The SMILES string of the molecule is CCOC(=O)CCCCCOc1cccnc1N(C)C(=O)c1ccc([N+](=O)[O-])cc1. The molecular formula is C21H25N3O6. The van der Waals surface area contributed by atoms with Gasteiger partial charge in [-0.2, -0.15) is 0 Å². The number of unbranched alkanes of at least 4 members (excludes halogenated alkanes) is 2. The van der Waals surface area contributed by atoms with Crippen LogP contribution in [0.4, 0.5) is 11.5 Å². The van der Waals surface area contributed by atoms with Gasteiger partial charge in [-0.3, -0.25) is 24.6 Å². The van der Waals surface area contributed by atoms with Crippen molar-refractivity contribution in [3.8, 4) is 5.75 Å². The third kappa shape index (κ3) is 6.54. The zero-order valence-electron chi connectivity index (χ0n) is 17.1. The van der Waals surface area contributed by atoms with Crippen LogP contribution in [0.25, 0.3) is 0 Å². The fourth-order valence-electron chi connectivity index (χ4n) is 2.73. The van der Waals surface area contributed by atoms with Crippen LogP contribution < -0.4 is 9.64 Å². The van der Waals surface area contributed by atoms with E-state index in [1.165, 1.54) is 29.2 Å². The number of carbonyl (C=O) groups is 2. The first kappa shape index (κ1) is 22.8. The van der Waals surface area contributed by atoms with E-state index >= 15 is 0 Å². The Balaban J connectivity index is 1.92. The molecule has 2 rings (SSSR count). The number of hydrogen-bond acceptors (Lipinski definition) is 7. The number of non-ortho nitro benzene ring substituents is 1. The summed E-state index contributed by atoms with van der Waals surface area (Å²) in [6.45, 7) is 2.58. The molecule has 1 heterocycles. The zero-order valence-corrected chi connectivity index (χ0v) is 17.1. The standard InChI is InChI=1S/C21H25N3O6/c1-3-29-19(25)9-5-4-6-15-30-18-8-7-14-22-20(18)23(2)21(26)16-10-12-17(13-11-16)24(27)28/h7-8,10-14H,3-6,9,15H2,1-2H3. The van der Waals surface area contributed by atoms with Gasteiger partial charge >= 0.3 is 5.97 Å². The number of pyridine rings is 1. The number of nitro benzene ring substituents is 1. The van der Waals surface area contributed by atoms with Crippen molar-refractivity contribution in [1.29, 1.82) is 0 Å². The molecule has 0 aliphatic carbocycles. The predicted octanol–water partition coefficient (Wildman–Crippen LogP) is 3.77. The largest absolute Gasteiger partial charge is 0.490 e. The normalized spacial score (nSPS) is 10.3. The van der Waals surface area contributed by atoms with E-state index in [-0.39, 0.29) is 17.6 Å². The van der Waals surface area contributed by atoms with Gasteiger partial charge in [-0.05, 0) is 50.5 Å². The zero-order chi connectivity index (χ0) is 21.9. The molecule has 0 aliphatic heterocycles. The maximum atomic E-state index is 12.7. The molecule has 0 aliphatic rings. The van der Waals surface area contributed by atoms with E-state index in [1.807, 2.05) is 0 Å². The van der Waals surface area contributed by atoms with Crippen molar-refractivity contribution in [3.63, 3.8) is 0 Å². The molecule has 0 radical (unpaired) electrons. The summed E-state index contributed by atoms with van der Waals surface area (Å²) < 4.78 is 10.7. The summed E-state index contributed by atoms with van der Waals surface area (Å²) in [7, 11) is 1.57. The number of carbonyl (C=O) groups excluding carboxylic acids is 2. The third-order valence-electron chi connectivity index (χ3n) is 4.29. The molecule has 30 heavy (non-hydrogen) atoms. The van der Waals surface area contributed by atoms with E-state index in [2.05, 4.69) is 4.98 Å². The molecule has 9 nitrogen and oxygen atoms in total. The lowest BCUT2D eigenvalue weighted by Crippen LogP contribution is -2.27. The second-order valence-electron chi connectivity index (χ2n) is 6.46. The number of anilines is 1. The molecule has 0 N–H and O–H groups in total. The van der Waals surface area contributed by atoms with Gasteiger partial charge in [0.2, 0.25) is 0 Å². The van der Waals surface area contributed by atoms with Crippen molar-refractivity contribution in [2.45, 2.75) is 32.6 Å². The number of hydrogen-bond donors (Lipinski definition) is 0. The summed E-state index contributed by atoms with van der Waals surface area (Å²) in [5, 5.41) is 10.8. The van der Waals surface area contributed by atoms with Crippen molar-refractivity contribution < 1.29 is 24.0 Å². The Morgan fingerprint density at radius 3 is 2.53 bits per heavy atom. The maximum absolute atomic E-state index is 12.7. The van der Waals surface area contributed by atoms with Gasteiger partial charge in [-0.1, -0.05) is 0 Å². The second kappa shape index (κ2) is 11.5. The highest BCUT2D eigenvalue weighted by atomic mass is 16.6. The highest BCUT2D eigenvalue weighted by Gasteiger charge is 2.19. The van der Waals surface area contributed by atoms with Crippen molar-refractivity contribution in [2.24, 2.45) is 0 Å². The number of nitro groups is 1. The molecule has 0 fully saturated rings. The van der Waals surface area contributed by atoms with Gasteiger partial charge in [-0.15, -0.1) is 0 Å². The van der Waals surface area contributed by atoms with Crippen LogP contribution >= 0.6 is 0 Å². The number of amides is 1. The second-order valence-corrected chi connectivity index (χ2v) is 6.46. The van der Waals surface area contributed by atoms with Gasteiger partial charge in [0.15, 0.2) is 11.6 Å². The highest BCUT2D eigenvalue weighted by Crippen LogP contribution is 2.26. The predicted molar refractivity (Wildman–Crippen MR) is 111 cm³/mol. The van der Waals surface area contributed by atoms with Gasteiger partial charge in [0, 0.05) is 37.4 Å². The number of benzene rings is 1. The minimum absolute atomic E-state index is 0.0842. The van der Waals surface area contributed by atoms with Gasteiger partial charge < -0.3 is 9.47 Å². The molecular weight excluding hydrogens is 390 g/mol. The lowest BCUT2D eigenvalue weighted by Gasteiger charge is -2.19. The molecule has 0 unspecified atom stereocenters. The third-order valence-corrected chi connectivity index (χ3v) is 4.29. The lowest BCUT2D eigenvalue weighted by atomic mass is 10.2. The molecule has 160 valence electrons. The summed E-state index contributed by atoms with van der Waals surface area (Å²) in [5.41, 5.74) is 0.220. The fraction of sp³-hybridized carbons (Fsp3) is 0.381. The molecule has 0 spiro atoms. The average molecular weight is 415 g/mol. The van der Waals surface area contributed by atoms with Crippen LogP contribution in [0.3, 0.4) is 0 Å². The van der Waals surface area contributed by atoms with Crippen LogP contribution in [0.5, 0.6) is 5.75 Å². The molecule has 1 aromatic heterocycles. The monoisotopic (exact) mass is 415 g/mol. The quantitative estimate of drug-likeness (QED) is 0.238. The van der Waals surface area contributed by atoms with Gasteiger partial charge in [0.1, 0.15) is 0 Å². The molecule has 9 heteroatoms. The van der Waals surface area contributed by atoms with Crippen molar-refractivity contribution in [1.82, 2.24) is 4.98 Å². The van der Waals surface area contributed by atoms with E-state index in [0.29, 0.717) is 36.8 Å². The topological polar surface area (TPSA) is 112 Å². The molecule has 0 atom stereocenters. The Hall–Kier alpha value is -3.49. The Kier molecular flexibility index (Phi) is 8.74. The van der Waals surface area contributed by atoms with Crippen LogP contribution in [0.2, 0.25) is 0 Å². The van der Waals surface area contributed by atoms with Crippen LogP contribution in [0, 0.1) is 10.1 Å².